The molecular formula is C14H11F2N3S. The van der Waals surface area contributed by atoms with Gasteiger partial charge in [0, 0.05) is 11.8 Å². The molecule has 0 unspecified atom stereocenters. The molecule has 3 aromatic rings. The number of halogens is 2. The lowest BCUT2D eigenvalue weighted by molar-refractivity contribution is 0.595. The largest absolute Gasteiger partial charge is 0.399 e. The van der Waals surface area contributed by atoms with Gasteiger partial charge in [0.2, 0.25) is 0 Å². The van der Waals surface area contributed by atoms with Crippen molar-refractivity contribution in [2.75, 3.05) is 11.1 Å². The minimum absolute atomic E-state index is 0.0696. The van der Waals surface area contributed by atoms with Gasteiger partial charge >= 0.3 is 0 Å². The van der Waals surface area contributed by atoms with Gasteiger partial charge in [-0.15, -0.1) is 0 Å². The van der Waals surface area contributed by atoms with E-state index in [0.29, 0.717) is 10.8 Å². The van der Waals surface area contributed by atoms with Gasteiger partial charge in [0.15, 0.2) is 5.13 Å². The molecule has 3 N–H and O–H groups in total. The molecule has 0 aliphatic carbocycles. The summed E-state index contributed by atoms with van der Waals surface area (Å²) in [6, 6.07) is 7.62. The number of anilines is 3. The molecule has 0 radical (unpaired) electrons. The third kappa shape index (κ3) is 2.30. The molecule has 0 bridgehead atoms. The van der Waals surface area contributed by atoms with E-state index in [1.807, 2.05) is 0 Å². The van der Waals surface area contributed by atoms with Gasteiger partial charge in [0.05, 0.1) is 15.9 Å². The van der Waals surface area contributed by atoms with Crippen LogP contribution in [0.5, 0.6) is 0 Å². The van der Waals surface area contributed by atoms with Crippen molar-refractivity contribution in [3.05, 3.63) is 47.5 Å². The predicted molar refractivity (Wildman–Crippen MR) is 78.4 cm³/mol. The molecule has 0 aliphatic heterocycles. The van der Waals surface area contributed by atoms with Crippen LogP contribution in [0.1, 0.15) is 5.56 Å². The minimum atomic E-state index is -0.511. The van der Waals surface area contributed by atoms with E-state index in [-0.39, 0.29) is 11.3 Å². The molecule has 20 heavy (non-hydrogen) atoms. The van der Waals surface area contributed by atoms with Crippen LogP contribution in [-0.4, -0.2) is 4.98 Å². The van der Waals surface area contributed by atoms with Gasteiger partial charge in [-0.1, -0.05) is 11.3 Å². The van der Waals surface area contributed by atoms with E-state index >= 15 is 0 Å². The molecule has 0 amide bonds. The van der Waals surface area contributed by atoms with E-state index in [0.717, 1.165) is 22.3 Å². The van der Waals surface area contributed by atoms with E-state index < -0.39 is 11.6 Å². The number of hydrogen-bond donors (Lipinski definition) is 2. The molecule has 2 aromatic carbocycles. The standard InChI is InChI=1S/C14H11F2N3S/c1-7-4-10(16)12(6-9(7)15)19-14-18-11-3-2-8(17)5-13(11)20-14/h2-6H,17H2,1H3,(H,18,19). The fourth-order valence-corrected chi connectivity index (χ4v) is 2.78. The predicted octanol–water partition coefficient (Wildman–Crippen LogP) is 4.21. The number of rotatable bonds is 2. The van der Waals surface area contributed by atoms with Gasteiger partial charge in [0.25, 0.3) is 0 Å². The average Bonchev–Trinajstić information content (AvgIpc) is 2.77. The van der Waals surface area contributed by atoms with Crippen LogP contribution < -0.4 is 11.1 Å². The maximum atomic E-state index is 13.8. The topological polar surface area (TPSA) is 50.9 Å². The number of nitrogens with zero attached hydrogens (tertiary/aromatic N) is 1. The maximum absolute atomic E-state index is 13.8. The summed E-state index contributed by atoms with van der Waals surface area (Å²) in [4.78, 5) is 4.31. The second kappa shape index (κ2) is 4.72. The zero-order valence-corrected chi connectivity index (χ0v) is 11.4. The average molecular weight is 291 g/mol. The van der Waals surface area contributed by atoms with E-state index in [2.05, 4.69) is 10.3 Å². The van der Waals surface area contributed by atoms with Gasteiger partial charge in [-0.05, 0) is 36.8 Å². The van der Waals surface area contributed by atoms with Gasteiger partial charge in [-0.2, -0.15) is 0 Å². The summed E-state index contributed by atoms with van der Waals surface area (Å²) in [6.45, 7) is 1.52. The molecule has 102 valence electrons. The molecule has 0 spiro atoms. The van der Waals surface area contributed by atoms with Crippen LogP contribution >= 0.6 is 11.3 Å². The van der Waals surface area contributed by atoms with E-state index in [9.17, 15) is 8.78 Å². The summed E-state index contributed by atoms with van der Waals surface area (Å²) in [5.41, 5.74) is 7.44. The van der Waals surface area contributed by atoms with Crippen LogP contribution in [0.4, 0.5) is 25.3 Å². The Hall–Kier alpha value is -2.21. The molecule has 1 aromatic heterocycles. The lowest BCUT2D eigenvalue weighted by atomic mass is 10.2. The number of nitrogen functional groups attached to an aromatic ring is 1. The first kappa shape index (κ1) is 12.8. The molecule has 1 heterocycles. The summed E-state index contributed by atoms with van der Waals surface area (Å²) in [5, 5.41) is 3.29. The minimum Gasteiger partial charge on any atom is -0.399 e. The van der Waals surface area contributed by atoms with Crippen molar-refractivity contribution in [2.24, 2.45) is 0 Å². The van der Waals surface area contributed by atoms with Crippen LogP contribution in [-0.2, 0) is 0 Å². The van der Waals surface area contributed by atoms with Crippen molar-refractivity contribution in [2.45, 2.75) is 6.92 Å². The van der Waals surface area contributed by atoms with Crippen LogP contribution in [0, 0.1) is 18.6 Å². The number of nitrogens with two attached hydrogens (primary N) is 1. The highest BCUT2D eigenvalue weighted by molar-refractivity contribution is 7.22. The summed E-state index contributed by atoms with van der Waals surface area (Å²) in [6.07, 6.45) is 0. The normalized spacial score (nSPS) is 10.9. The SMILES string of the molecule is Cc1cc(F)c(Nc2nc3ccc(N)cc3s2)cc1F. The van der Waals surface area contributed by atoms with Crippen molar-refractivity contribution in [1.82, 2.24) is 4.98 Å². The lowest BCUT2D eigenvalue weighted by Gasteiger charge is -2.05. The van der Waals surface area contributed by atoms with Crippen molar-refractivity contribution in [3.63, 3.8) is 0 Å². The monoisotopic (exact) mass is 291 g/mol. The Balaban J connectivity index is 1.99. The number of thiazole rings is 1. The molecule has 6 heteroatoms. The molecule has 3 rings (SSSR count). The van der Waals surface area contributed by atoms with Gasteiger partial charge in [0.1, 0.15) is 11.6 Å². The highest BCUT2D eigenvalue weighted by atomic mass is 32.1. The van der Waals surface area contributed by atoms with Gasteiger partial charge < -0.3 is 11.1 Å². The zero-order valence-electron chi connectivity index (χ0n) is 10.6. The summed E-state index contributed by atoms with van der Waals surface area (Å²) in [5.74, 6) is -0.970. The Kier molecular flexibility index (Phi) is 3.02. The molecule has 0 aliphatic rings. The number of benzene rings is 2. The van der Waals surface area contributed by atoms with Crippen molar-refractivity contribution in [3.8, 4) is 0 Å². The summed E-state index contributed by atoms with van der Waals surface area (Å²) < 4.78 is 28.1. The van der Waals surface area contributed by atoms with Crippen LogP contribution in [0.3, 0.4) is 0 Å². The number of aromatic nitrogens is 1. The Bertz CT molecular complexity index is 798. The van der Waals surface area contributed by atoms with E-state index in [1.54, 1.807) is 18.2 Å². The Labute approximate surface area is 118 Å². The molecule has 0 atom stereocenters. The van der Waals surface area contributed by atoms with Gasteiger partial charge in [-0.25, -0.2) is 13.8 Å². The first-order valence-corrected chi connectivity index (χ1v) is 6.73. The van der Waals surface area contributed by atoms with E-state index in [1.165, 1.54) is 18.3 Å². The summed E-state index contributed by atoms with van der Waals surface area (Å²) in [7, 11) is 0. The molecule has 0 saturated heterocycles. The number of nitrogens with one attached hydrogen (secondary N) is 1. The Morgan fingerprint density at radius 3 is 2.75 bits per heavy atom. The maximum Gasteiger partial charge on any atom is 0.188 e. The van der Waals surface area contributed by atoms with Gasteiger partial charge in [-0.3, -0.25) is 0 Å². The van der Waals surface area contributed by atoms with Crippen LogP contribution in [0.25, 0.3) is 10.2 Å². The fourth-order valence-electron chi connectivity index (χ4n) is 1.85. The molecule has 0 saturated carbocycles. The number of hydrogen-bond acceptors (Lipinski definition) is 4. The molecule has 0 fully saturated rings. The molecular weight excluding hydrogens is 280 g/mol. The molecule has 3 nitrogen and oxygen atoms in total. The second-order valence-electron chi connectivity index (χ2n) is 4.45. The first-order valence-electron chi connectivity index (χ1n) is 5.91. The third-order valence-electron chi connectivity index (χ3n) is 2.90. The smallest absolute Gasteiger partial charge is 0.188 e. The first-order chi connectivity index (χ1) is 9.52. The summed E-state index contributed by atoms with van der Waals surface area (Å²) >= 11 is 1.33. The van der Waals surface area contributed by atoms with Crippen molar-refractivity contribution in [1.29, 1.82) is 0 Å². The zero-order chi connectivity index (χ0) is 14.3. The number of aryl methyl sites for hydroxylation is 1. The quantitative estimate of drug-likeness (QED) is 0.695. The van der Waals surface area contributed by atoms with Crippen LogP contribution in [0.15, 0.2) is 30.3 Å². The van der Waals surface area contributed by atoms with Crippen LogP contribution in [0.2, 0.25) is 0 Å². The third-order valence-corrected chi connectivity index (χ3v) is 3.84. The number of fused-ring (bicyclic) bond motifs is 1. The van der Waals surface area contributed by atoms with Crippen molar-refractivity contribution >= 4 is 38.1 Å². The lowest BCUT2D eigenvalue weighted by Crippen LogP contribution is -1.96. The highest BCUT2D eigenvalue weighted by Crippen LogP contribution is 2.31. The fraction of sp³-hybridized carbons (Fsp3) is 0.0714. The van der Waals surface area contributed by atoms with Crippen molar-refractivity contribution < 1.29 is 8.78 Å². The Morgan fingerprint density at radius 2 is 1.95 bits per heavy atom. The highest BCUT2D eigenvalue weighted by Gasteiger charge is 2.10. The Morgan fingerprint density at radius 1 is 1.15 bits per heavy atom. The van der Waals surface area contributed by atoms with E-state index in [4.69, 9.17) is 5.73 Å². The second-order valence-corrected chi connectivity index (χ2v) is 5.48.